The van der Waals surface area contributed by atoms with Gasteiger partial charge >= 0.3 is 0 Å². The lowest BCUT2D eigenvalue weighted by Gasteiger charge is -2.26. The van der Waals surface area contributed by atoms with Crippen molar-refractivity contribution in [3.63, 3.8) is 0 Å². The first-order valence-corrected chi connectivity index (χ1v) is 4.98. The Bertz CT molecular complexity index is 307. The minimum Gasteiger partial charge on any atom is -0.394 e. The van der Waals surface area contributed by atoms with Gasteiger partial charge in [-0.15, -0.1) is 0 Å². The minimum atomic E-state index is 0.106. The molecule has 0 spiro atoms. The van der Waals surface area contributed by atoms with Crippen molar-refractivity contribution in [3.8, 4) is 0 Å². The summed E-state index contributed by atoms with van der Waals surface area (Å²) in [6.07, 6.45) is 5.16. The predicted molar refractivity (Wildman–Crippen MR) is 56.9 cm³/mol. The van der Waals surface area contributed by atoms with Gasteiger partial charge in [-0.25, -0.2) is 0 Å². The summed E-state index contributed by atoms with van der Waals surface area (Å²) in [5.41, 5.74) is 1.29. The van der Waals surface area contributed by atoms with Gasteiger partial charge in [-0.1, -0.05) is 42.5 Å². The third-order valence-electron chi connectivity index (χ3n) is 2.55. The molecule has 0 bridgehead atoms. The Hall–Kier alpha value is -1.12. The highest BCUT2D eigenvalue weighted by molar-refractivity contribution is 5.21. The third kappa shape index (κ3) is 2.03. The summed E-state index contributed by atoms with van der Waals surface area (Å²) in [4.78, 5) is 0. The van der Waals surface area contributed by atoms with Gasteiger partial charge in [0, 0.05) is 12.1 Å². The van der Waals surface area contributed by atoms with E-state index in [4.69, 9.17) is 5.11 Å². The van der Waals surface area contributed by atoms with E-state index in [-0.39, 0.29) is 12.6 Å². The maximum Gasteiger partial charge on any atom is 0.0620 e. The molecular weight excluding hydrogens is 174 g/mol. The first-order valence-electron chi connectivity index (χ1n) is 4.98. The lowest BCUT2D eigenvalue weighted by atomic mass is 9.99. The number of aliphatic hydroxyl groups is 1. The summed E-state index contributed by atoms with van der Waals surface area (Å²) in [5.74, 6) is 0. The van der Waals surface area contributed by atoms with Gasteiger partial charge in [-0.2, -0.15) is 0 Å². The topological polar surface area (TPSA) is 32.3 Å². The second kappa shape index (κ2) is 4.40. The van der Waals surface area contributed by atoms with Crippen molar-refractivity contribution in [1.29, 1.82) is 0 Å². The van der Waals surface area contributed by atoms with Crippen LogP contribution in [0.1, 0.15) is 18.0 Å². The van der Waals surface area contributed by atoms with Crippen LogP contribution in [0.5, 0.6) is 0 Å². The van der Waals surface area contributed by atoms with Crippen molar-refractivity contribution in [2.45, 2.75) is 18.5 Å². The van der Waals surface area contributed by atoms with Crippen LogP contribution < -0.4 is 5.32 Å². The first kappa shape index (κ1) is 9.44. The second-order valence-corrected chi connectivity index (χ2v) is 3.58. The largest absolute Gasteiger partial charge is 0.394 e. The van der Waals surface area contributed by atoms with Crippen LogP contribution >= 0.6 is 0 Å². The van der Waals surface area contributed by atoms with Crippen LogP contribution in [-0.4, -0.2) is 17.8 Å². The number of aliphatic hydroxyl groups excluding tert-OH is 1. The molecule has 0 radical (unpaired) electrons. The van der Waals surface area contributed by atoms with E-state index in [2.05, 4.69) is 23.5 Å². The smallest absolute Gasteiger partial charge is 0.0620 e. The highest BCUT2D eigenvalue weighted by Gasteiger charge is 2.16. The van der Waals surface area contributed by atoms with Gasteiger partial charge in [-0.05, 0) is 12.0 Å². The van der Waals surface area contributed by atoms with E-state index in [0.29, 0.717) is 6.04 Å². The Morgan fingerprint density at radius 2 is 2.07 bits per heavy atom. The second-order valence-electron chi connectivity index (χ2n) is 3.58. The third-order valence-corrected chi connectivity index (χ3v) is 2.55. The standard InChI is InChI=1S/C12H15NO/c14-9-11-7-4-8-12(13-11)10-5-2-1-3-6-10/h1-7,11-14H,8-9H2/t11-,12-/m0/s1. The van der Waals surface area contributed by atoms with Crippen LogP contribution in [0.4, 0.5) is 0 Å². The fraction of sp³-hybridized carbons (Fsp3) is 0.333. The van der Waals surface area contributed by atoms with Crippen LogP contribution in [0.15, 0.2) is 42.5 Å². The van der Waals surface area contributed by atoms with Crippen LogP contribution in [0.25, 0.3) is 0 Å². The van der Waals surface area contributed by atoms with Gasteiger partial charge in [0.25, 0.3) is 0 Å². The van der Waals surface area contributed by atoms with E-state index >= 15 is 0 Å². The first-order chi connectivity index (χ1) is 6.90. The Kier molecular flexibility index (Phi) is 2.96. The number of nitrogens with one attached hydrogen (secondary N) is 1. The SMILES string of the molecule is OC[C@@H]1C=CC[C@@H](c2ccccc2)N1. The number of rotatable bonds is 2. The zero-order valence-electron chi connectivity index (χ0n) is 8.06. The van der Waals surface area contributed by atoms with E-state index < -0.39 is 0 Å². The van der Waals surface area contributed by atoms with Crippen molar-refractivity contribution in [2.24, 2.45) is 0 Å². The molecule has 1 aliphatic rings. The maximum absolute atomic E-state index is 9.04. The molecule has 14 heavy (non-hydrogen) atoms. The quantitative estimate of drug-likeness (QED) is 0.693. The number of hydrogen-bond donors (Lipinski definition) is 2. The summed E-state index contributed by atoms with van der Waals surface area (Å²) in [5, 5.41) is 12.4. The Balaban J connectivity index is 2.10. The molecule has 2 nitrogen and oxygen atoms in total. The van der Waals surface area contributed by atoms with Crippen molar-refractivity contribution in [1.82, 2.24) is 5.32 Å². The van der Waals surface area contributed by atoms with Gasteiger partial charge in [0.1, 0.15) is 0 Å². The van der Waals surface area contributed by atoms with Crippen molar-refractivity contribution in [3.05, 3.63) is 48.0 Å². The fourth-order valence-electron chi connectivity index (χ4n) is 1.79. The molecule has 0 unspecified atom stereocenters. The lowest BCUT2D eigenvalue weighted by molar-refractivity contribution is 0.250. The molecule has 74 valence electrons. The Morgan fingerprint density at radius 1 is 1.29 bits per heavy atom. The zero-order valence-corrected chi connectivity index (χ0v) is 8.06. The summed E-state index contributed by atoms with van der Waals surface area (Å²) < 4.78 is 0. The van der Waals surface area contributed by atoms with Crippen LogP contribution in [0, 0.1) is 0 Å². The Labute approximate surface area is 84.3 Å². The molecule has 1 aromatic rings. The average molecular weight is 189 g/mol. The summed E-state index contributed by atoms with van der Waals surface area (Å²) in [7, 11) is 0. The molecule has 0 saturated carbocycles. The number of hydrogen-bond acceptors (Lipinski definition) is 2. The van der Waals surface area contributed by atoms with Gasteiger partial charge in [0.15, 0.2) is 0 Å². The van der Waals surface area contributed by atoms with Gasteiger partial charge < -0.3 is 10.4 Å². The van der Waals surface area contributed by atoms with Crippen LogP contribution in [0.3, 0.4) is 0 Å². The molecule has 2 rings (SSSR count). The zero-order chi connectivity index (χ0) is 9.80. The minimum absolute atomic E-state index is 0.106. The Morgan fingerprint density at radius 3 is 2.79 bits per heavy atom. The van der Waals surface area contributed by atoms with E-state index in [1.165, 1.54) is 5.56 Å². The normalized spacial score (nSPS) is 26.4. The molecule has 1 heterocycles. The summed E-state index contributed by atoms with van der Waals surface area (Å²) in [6.45, 7) is 0.167. The molecule has 2 atom stereocenters. The lowest BCUT2D eigenvalue weighted by Crippen LogP contribution is -2.36. The van der Waals surface area contributed by atoms with E-state index in [9.17, 15) is 0 Å². The molecule has 2 heteroatoms. The molecule has 2 N–H and O–H groups in total. The van der Waals surface area contributed by atoms with Crippen molar-refractivity contribution >= 4 is 0 Å². The van der Waals surface area contributed by atoms with E-state index in [0.717, 1.165) is 6.42 Å². The molecule has 0 amide bonds. The maximum atomic E-state index is 9.04. The average Bonchev–Trinajstić information content (AvgIpc) is 2.30. The highest BCUT2D eigenvalue weighted by Crippen LogP contribution is 2.20. The van der Waals surface area contributed by atoms with Gasteiger partial charge in [0.05, 0.1) is 6.61 Å². The van der Waals surface area contributed by atoms with Gasteiger partial charge in [0.2, 0.25) is 0 Å². The van der Waals surface area contributed by atoms with Crippen LogP contribution in [0.2, 0.25) is 0 Å². The van der Waals surface area contributed by atoms with E-state index in [1.807, 2.05) is 24.3 Å². The van der Waals surface area contributed by atoms with Crippen LogP contribution in [-0.2, 0) is 0 Å². The molecule has 0 saturated heterocycles. The molecule has 0 fully saturated rings. The summed E-state index contributed by atoms with van der Waals surface area (Å²) in [6, 6.07) is 10.8. The van der Waals surface area contributed by atoms with E-state index in [1.54, 1.807) is 0 Å². The molecule has 0 aliphatic carbocycles. The molecule has 1 aliphatic heterocycles. The molecule has 1 aromatic carbocycles. The fourth-order valence-corrected chi connectivity index (χ4v) is 1.79. The monoisotopic (exact) mass is 189 g/mol. The van der Waals surface area contributed by atoms with Gasteiger partial charge in [-0.3, -0.25) is 0 Å². The molecule has 0 aromatic heterocycles. The number of benzene rings is 1. The highest BCUT2D eigenvalue weighted by atomic mass is 16.3. The molecular formula is C12H15NO. The van der Waals surface area contributed by atoms with Crippen molar-refractivity contribution in [2.75, 3.05) is 6.61 Å². The predicted octanol–water partition coefficient (Wildman–Crippen LogP) is 1.64. The van der Waals surface area contributed by atoms with Crippen molar-refractivity contribution < 1.29 is 5.11 Å². The summed E-state index contributed by atoms with van der Waals surface area (Å²) >= 11 is 0.